The summed E-state index contributed by atoms with van der Waals surface area (Å²) in [7, 11) is -3.51. The molecule has 0 bridgehead atoms. The van der Waals surface area contributed by atoms with E-state index >= 15 is 0 Å². The van der Waals surface area contributed by atoms with Crippen molar-refractivity contribution in [1.82, 2.24) is 19.1 Å². The van der Waals surface area contributed by atoms with Crippen LogP contribution < -0.4 is 5.32 Å². The first-order valence-corrected chi connectivity index (χ1v) is 12.5. The molecule has 0 radical (unpaired) electrons. The molecule has 1 N–H and O–H groups in total. The number of thiazole rings is 1. The second-order valence-corrected chi connectivity index (χ2v) is 10.6. The van der Waals surface area contributed by atoms with Crippen LogP contribution in [0.3, 0.4) is 0 Å². The topological polar surface area (TPSA) is 97.2 Å². The van der Waals surface area contributed by atoms with E-state index in [9.17, 15) is 13.2 Å². The largest absolute Gasteiger partial charge is 0.306 e. The van der Waals surface area contributed by atoms with E-state index in [4.69, 9.17) is 0 Å². The van der Waals surface area contributed by atoms with Crippen molar-refractivity contribution in [3.8, 4) is 5.13 Å². The number of aromatic nitrogens is 3. The van der Waals surface area contributed by atoms with E-state index in [-0.39, 0.29) is 10.8 Å². The fraction of sp³-hybridized carbons (Fsp3) is 0.227. The van der Waals surface area contributed by atoms with Gasteiger partial charge in [-0.1, -0.05) is 23.5 Å². The number of carbonyl (C=O) groups is 1. The average molecular weight is 468 g/mol. The molecule has 1 aliphatic rings. The Morgan fingerprint density at radius 2 is 1.78 bits per heavy atom. The standard InChI is InChI=1S/C22H21N5O3S2/c1-15-14-20(27(25-15)22-23-18-6-2-3-7-19(18)31-22)24-21(28)16-8-10-17(11-9-16)32(29,30)26-12-4-5-13-26/h2-3,6-11,14H,4-5,12-13H2,1H3,(H,24,28). The predicted molar refractivity (Wildman–Crippen MR) is 124 cm³/mol. The maximum absolute atomic E-state index is 12.9. The lowest BCUT2D eigenvalue weighted by molar-refractivity contribution is 0.102. The molecule has 8 nitrogen and oxygen atoms in total. The van der Waals surface area contributed by atoms with E-state index in [0.29, 0.717) is 29.6 Å². The summed E-state index contributed by atoms with van der Waals surface area (Å²) in [5.41, 5.74) is 1.97. The minimum Gasteiger partial charge on any atom is -0.306 e. The fourth-order valence-electron chi connectivity index (χ4n) is 3.73. The zero-order valence-corrected chi connectivity index (χ0v) is 19.0. The lowest BCUT2D eigenvalue weighted by atomic mass is 10.2. The Morgan fingerprint density at radius 1 is 1.06 bits per heavy atom. The third-order valence-electron chi connectivity index (χ3n) is 5.36. The molecule has 4 aromatic rings. The first-order chi connectivity index (χ1) is 15.4. The van der Waals surface area contributed by atoms with Crippen LogP contribution in [-0.4, -0.2) is 46.5 Å². The van der Waals surface area contributed by atoms with Gasteiger partial charge in [-0.05, 0) is 56.2 Å². The summed E-state index contributed by atoms with van der Waals surface area (Å²) < 4.78 is 29.5. The molecule has 3 heterocycles. The number of hydrogen-bond donors (Lipinski definition) is 1. The van der Waals surface area contributed by atoms with E-state index in [0.717, 1.165) is 28.8 Å². The Balaban J connectivity index is 1.39. The van der Waals surface area contributed by atoms with Crippen LogP contribution in [0.25, 0.3) is 15.3 Å². The minimum absolute atomic E-state index is 0.200. The third-order valence-corrected chi connectivity index (χ3v) is 8.28. The van der Waals surface area contributed by atoms with Crippen LogP contribution in [0.1, 0.15) is 28.9 Å². The first-order valence-electron chi connectivity index (χ1n) is 10.3. The number of carbonyl (C=O) groups excluding carboxylic acids is 1. The van der Waals surface area contributed by atoms with Gasteiger partial charge in [0.15, 0.2) is 0 Å². The Kier molecular flexibility index (Phi) is 5.28. The minimum atomic E-state index is -3.51. The van der Waals surface area contributed by atoms with Gasteiger partial charge in [-0.15, -0.1) is 0 Å². The molecule has 0 unspecified atom stereocenters. The Bertz CT molecular complexity index is 1370. The van der Waals surface area contributed by atoms with Gasteiger partial charge in [0.1, 0.15) is 5.82 Å². The van der Waals surface area contributed by atoms with E-state index in [1.165, 1.54) is 39.9 Å². The van der Waals surface area contributed by atoms with Gasteiger partial charge in [-0.3, -0.25) is 4.79 Å². The summed E-state index contributed by atoms with van der Waals surface area (Å²) in [6, 6.07) is 15.6. The summed E-state index contributed by atoms with van der Waals surface area (Å²) in [5.74, 6) is 0.151. The van der Waals surface area contributed by atoms with Crippen LogP contribution >= 0.6 is 11.3 Å². The molecule has 10 heteroatoms. The zero-order chi connectivity index (χ0) is 22.3. The van der Waals surface area contributed by atoms with Gasteiger partial charge in [0.05, 0.1) is 20.8 Å². The third kappa shape index (κ3) is 3.81. The number of hydrogen-bond acceptors (Lipinski definition) is 6. The molecule has 0 aliphatic carbocycles. The van der Waals surface area contributed by atoms with Crippen molar-refractivity contribution in [2.75, 3.05) is 18.4 Å². The van der Waals surface area contributed by atoms with Crippen molar-refractivity contribution in [3.05, 3.63) is 65.9 Å². The number of para-hydroxylation sites is 1. The van der Waals surface area contributed by atoms with E-state index < -0.39 is 10.0 Å². The average Bonchev–Trinajstić information content (AvgIpc) is 3.53. The van der Waals surface area contributed by atoms with Gasteiger partial charge < -0.3 is 5.32 Å². The first kappa shape index (κ1) is 20.8. The number of sulfonamides is 1. The number of amides is 1. The Hall–Kier alpha value is -3.08. The van der Waals surface area contributed by atoms with Gasteiger partial charge in [-0.2, -0.15) is 14.1 Å². The van der Waals surface area contributed by atoms with Crippen molar-refractivity contribution >= 4 is 43.3 Å². The molecule has 5 rings (SSSR count). The van der Waals surface area contributed by atoms with Crippen LogP contribution in [0.4, 0.5) is 5.82 Å². The van der Waals surface area contributed by atoms with E-state index in [1.807, 2.05) is 31.2 Å². The monoisotopic (exact) mass is 467 g/mol. The van der Waals surface area contributed by atoms with Crippen LogP contribution in [0.15, 0.2) is 59.5 Å². The highest BCUT2D eigenvalue weighted by molar-refractivity contribution is 7.89. The van der Waals surface area contributed by atoms with Crippen LogP contribution in [0, 0.1) is 6.92 Å². The molecule has 164 valence electrons. The van der Waals surface area contributed by atoms with Crippen molar-refractivity contribution in [2.45, 2.75) is 24.7 Å². The molecule has 2 aromatic heterocycles. The Labute approximate surface area is 189 Å². The summed E-state index contributed by atoms with van der Waals surface area (Å²) in [6.07, 6.45) is 1.75. The SMILES string of the molecule is Cc1cc(NC(=O)c2ccc(S(=O)(=O)N3CCCC3)cc2)n(-c2nc3ccccc3s2)n1. The molecule has 0 spiro atoms. The smallest absolute Gasteiger partial charge is 0.256 e. The number of rotatable bonds is 5. The van der Waals surface area contributed by atoms with E-state index in [2.05, 4.69) is 15.4 Å². The summed E-state index contributed by atoms with van der Waals surface area (Å²) >= 11 is 1.48. The van der Waals surface area contributed by atoms with Crippen molar-refractivity contribution in [3.63, 3.8) is 0 Å². The van der Waals surface area contributed by atoms with Gasteiger partial charge >= 0.3 is 0 Å². The molecule has 1 fully saturated rings. The van der Waals surface area contributed by atoms with Crippen molar-refractivity contribution in [1.29, 1.82) is 0 Å². The molecule has 1 aliphatic heterocycles. The Morgan fingerprint density at radius 3 is 2.50 bits per heavy atom. The number of fused-ring (bicyclic) bond motifs is 1. The molecule has 1 saturated heterocycles. The number of nitrogens with zero attached hydrogens (tertiary/aromatic N) is 4. The van der Waals surface area contributed by atoms with Crippen LogP contribution in [0.2, 0.25) is 0 Å². The highest BCUT2D eigenvalue weighted by Crippen LogP contribution is 2.27. The molecule has 1 amide bonds. The van der Waals surface area contributed by atoms with Crippen molar-refractivity contribution in [2.24, 2.45) is 0 Å². The maximum Gasteiger partial charge on any atom is 0.256 e. The lowest BCUT2D eigenvalue weighted by Gasteiger charge is -2.15. The molecular formula is C22H21N5O3S2. The highest BCUT2D eigenvalue weighted by atomic mass is 32.2. The van der Waals surface area contributed by atoms with Gasteiger partial charge in [0.2, 0.25) is 15.2 Å². The van der Waals surface area contributed by atoms with Crippen molar-refractivity contribution < 1.29 is 13.2 Å². The van der Waals surface area contributed by atoms with Gasteiger partial charge in [0, 0.05) is 24.7 Å². The predicted octanol–water partition coefficient (Wildman–Crippen LogP) is 3.83. The van der Waals surface area contributed by atoms with E-state index in [1.54, 1.807) is 10.7 Å². The molecule has 2 aromatic carbocycles. The quantitative estimate of drug-likeness (QED) is 0.481. The van der Waals surface area contributed by atoms with Gasteiger partial charge in [0.25, 0.3) is 5.91 Å². The fourth-order valence-corrected chi connectivity index (χ4v) is 6.18. The summed E-state index contributed by atoms with van der Waals surface area (Å²) in [4.78, 5) is 17.7. The number of nitrogens with one attached hydrogen (secondary N) is 1. The maximum atomic E-state index is 12.9. The number of anilines is 1. The normalized spacial score (nSPS) is 14.8. The number of aryl methyl sites for hydroxylation is 1. The highest BCUT2D eigenvalue weighted by Gasteiger charge is 2.27. The zero-order valence-electron chi connectivity index (χ0n) is 17.4. The lowest BCUT2D eigenvalue weighted by Crippen LogP contribution is -2.27. The molecular weight excluding hydrogens is 446 g/mol. The second-order valence-electron chi connectivity index (χ2n) is 7.64. The molecule has 32 heavy (non-hydrogen) atoms. The molecule has 0 atom stereocenters. The summed E-state index contributed by atoms with van der Waals surface area (Å²) in [5, 5.41) is 8.00. The van der Waals surface area contributed by atoms with Crippen LogP contribution in [-0.2, 0) is 10.0 Å². The van der Waals surface area contributed by atoms with Crippen LogP contribution in [0.5, 0.6) is 0 Å². The van der Waals surface area contributed by atoms with Gasteiger partial charge in [-0.25, -0.2) is 13.4 Å². The second kappa shape index (κ2) is 8.12. The number of benzene rings is 2. The summed E-state index contributed by atoms with van der Waals surface area (Å²) in [6.45, 7) is 2.93. The molecule has 0 saturated carbocycles.